The predicted molar refractivity (Wildman–Crippen MR) is 76.2 cm³/mol. The zero-order chi connectivity index (χ0) is 12.9. The van der Waals surface area contributed by atoms with Gasteiger partial charge in [-0.3, -0.25) is 4.79 Å². The first kappa shape index (κ1) is 14.7. The molecule has 17 heavy (non-hydrogen) atoms. The number of nitrogens with one attached hydrogen (secondary N) is 1. The fourth-order valence-corrected chi connectivity index (χ4v) is 2.86. The Morgan fingerprint density at radius 3 is 2.76 bits per heavy atom. The van der Waals surface area contributed by atoms with Crippen LogP contribution in [0.3, 0.4) is 0 Å². The monoisotopic (exact) mass is 318 g/mol. The zero-order valence-corrected chi connectivity index (χ0v) is 12.7. The van der Waals surface area contributed by atoms with E-state index in [0.717, 1.165) is 10.2 Å². The van der Waals surface area contributed by atoms with Crippen LogP contribution in [0.1, 0.15) is 25.1 Å². The van der Waals surface area contributed by atoms with E-state index in [1.165, 1.54) is 4.88 Å². The number of halogens is 1. The molecule has 0 unspecified atom stereocenters. The third-order valence-electron chi connectivity index (χ3n) is 2.51. The van der Waals surface area contributed by atoms with Gasteiger partial charge in [0, 0.05) is 17.8 Å². The highest BCUT2D eigenvalue weighted by Crippen LogP contribution is 2.22. The second-order valence-corrected chi connectivity index (χ2v) is 7.40. The highest BCUT2D eigenvalue weighted by atomic mass is 79.9. The van der Waals surface area contributed by atoms with E-state index in [2.05, 4.69) is 27.3 Å². The van der Waals surface area contributed by atoms with E-state index in [-0.39, 0.29) is 11.3 Å². The van der Waals surface area contributed by atoms with Crippen LogP contribution < -0.4 is 11.1 Å². The van der Waals surface area contributed by atoms with Crippen molar-refractivity contribution < 1.29 is 4.79 Å². The van der Waals surface area contributed by atoms with Crippen LogP contribution in [0.4, 0.5) is 0 Å². The molecule has 0 aliphatic carbocycles. The molecule has 1 aromatic rings. The lowest BCUT2D eigenvalue weighted by Gasteiger charge is -2.21. The number of nitrogens with two attached hydrogens (primary N) is 1. The third-order valence-corrected chi connectivity index (χ3v) is 4.20. The van der Waals surface area contributed by atoms with Gasteiger partial charge >= 0.3 is 0 Å². The number of thiophene rings is 1. The number of carbonyl (C=O) groups excluding carboxylic acids is 1. The van der Waals surface area contributed by atoms with E-state index >= 15 is 0 Å². The molecule has 0 aliphatic rings. The Morgan fingerprint density at radius 1 is 1.53 bits per heavy atom. The van der Waals surface area contributed by atoms with Gasteiger partial charge in [0.1, 0.15) is 0 Å². The second-order valence-electron chi connectivity index (χ2n) is 4.85. The molecule has 3 nitrogen and oxygen atoms in total. The molecule has 5 heteroatoms. The standard InChI is InChI=1S/C12H19BrN2OS/c1-12(2,8-14)7-11(16)15-6-5-9-3-4-10(13)17-9/h3-4H,5-8,14H2,1-2H3,(H,15,16). The van der Waals surface area contributed by atoms with Crippen molar-refractivity contribution in [2.45, 2.75) is 26.7 Å². The number of amides is 1. The smallest absolute Gasteiger partial charge is 0.220 e. The summed E-state index contributed by atoms with van der Waals surface area (Å²) >= 11 is 5.12. The second kappa shape index (κ2) is 6.52. The Bertz CT molecular complexity index is 376. The summed E-state index contributed by atoms with van der Waals surface area (Å²) in [5.74, 6) is 0.0797. The lowest BCUT2D eigenvalue weighted by molar-refractivity contribution is -0.122. The summed E-state index contributed by atoms with van der Waals surface area (Å²) in [6.45, 7) is 5.22. The predicted octanol–water partition coefficient (Wildman–Crippen LogP) is 2.54. The molecular formula is C12H19BrN2OS. The first-order valence-corrected chi connectivity index (χ1v) is 7.25. The molecule has 0 aromatic carbocycles. The Morgan fingerprint density at radius 2 is 2.24 bits per heavy atom. The van der Waals surface area contributed by atoms with Gasteiger partial charge in [0.25, 0.3) is 0 Å². The Hall–Kier alpha value is -0.390. The fourth-order valence-electron chi connectivity index (χ4n) is 1.38. The normalized spacial score (nSPS) is 11.5. The van der Waals surface area contributed by atoms with Gasteiger partial charge in [-0.2, -0.15) is 0 Å². The van der Waals surface area contributed by atoms with Crippen LogP contribution in [0.25, 0.3) is 0 Å². The summed E-state index contributed by atoms with van der Waals surface area (Å²) in [6.07, 6.45) is 1.36. The summed E-state index contributed by atoms with van der Waals surface area (Å²) in [6, 6.07) is 4.10. The molecule has 0 aliphatic heterocycles. The molecule has 0 radical (unpaired) electrons. The molecule has 3 N–H and O–H groups in total. The molecule has 0 bridgehead atoms. The van der Waals surface area contributed by atoms with E-state index in [9.17, 15) is 4.79 Å². The number of rotatable bonds is 6. The van der Waals surface area contributed by atoms with Gasteiger partial charge in [-0.1, -0.05) is 13.8 Å². The minimum atomic E-state index is -0.115. The molecular weight excluding hydrogens is 300 g/mol. The third kappa shape index (κ3) is 5.66. The van der Waals surface area contributed by atoms with Crippen LogP contribution in [0, 0.1) is 5.41 Å². The zero-order valence-electron chi connectivity index (χ0n) is 10.3. The maximum Gasteiger partial charge on any atom is 0.220 e. The van der Waals surface area contributed by atoms with Gasteiger partial charge in [-0.15, -0.1) is 11.3 Å². The SMILES string of the molecule is CC(C)(CN)CC(=O)NCCc1ccc(Br)s1. The number of hydrogen-bond donors (Lipinski definition) is 2. The molecule has 1 rings (SSSR count). The Kier molecular flexibility index (Phi) is 5.62. The first-order chi connectivity index (χ1) is 7.93. The quantitative estimate of drug-likeness (QED) is 0.847. The van der Waals surface area contributed by atoms with Gasteiger partial charge in [0.05, 0.1) is 3.79 Å². The number of carbonyl (C=O) groups is 1. The molecule has 0 spiro atoms. The number of hydrogen-bond acceptors (Lipinski definition) is 3. The lowest BCUT2D eigenvalue weighted by atomic mass is 9.89. The molecule has 0 saturated heterocycles. The highest BCUT2D eigenvalue weighted by Gasteiger charge is 2.19. The van der Waals surface area contributed by atoms with E-state index < -0.39 is 0 Å². The Labute approximate surface area is 115 Å². The minimum Gasteiger partial charge on any atom is -0.356 e. The first-order valence-electron chi connectivity index (χ1n) is 5.64. The lowest BCUT2D eigenvalue weighted by Crippen LogP contribution is -2.33. The highest BCUT2D eigenvalue weighted by molar-refractivity contribution is 9.11. The van der Waals surface area contributed by atoms with Gasteiger partial charge in [0.15, 0.2) is 0 Å². The summed E-state index contributed by atoms with van der Waals surface area (Å²) in [4.78, 5) is 12.9. The van der Waals surface area contributed by atoms with Gasteiger partial charge in [0.2, 0.25) is 5.91 Å². The Balaban J connectivity index is 2.25. The van der Waals surface area contributed by atoms with Crippen LogP contribution in [0.2, 0.25) is 0 Å². The minimum absolute atomic E-state index is 0.0797. The van der Waals surface area contributed by atoms with Crippen LogP contribution in [0.5, 0.6) is 0 Å². The van der Waals surface area contributed by atoms with E-state index in [4.69, 9.17) is 5.73 Å². The largest absolute Gasteiger partial charge is 0.356 e. The fraction of sp³-hybridized carbons (Fsp3) is 0.583. The van der Waals surface area contributed by atoms with Crippen LogP contribution >= 0.6 is 27.3 Å². The van der Waals surface area contributed by atoms with Gasteiger partial charge in [-0.25, -0.2) is 0 Å². The van der Waals surface area contributed by atoms with Crippen LogP contribution in [-0.4, -0.2) is 19.0 Å². The summed E-state index contributed by atoms with van der Waals surface area (Å²) < 4.78 is 1.13. The molecule has 1 heterocycles. The maximum atomic E-state index is 11.6. The molecule has 0 fully saturated rings. The van der Waals surface area contributed by atoms with Crippen LogP contribution in [-0.2, 0) is 11.2 Å². The van der Waals surface area contributed by atoms with Gasteiger partial charge < -0.3 is 11.1 Å². The van der Waals surface area contributed by atoms with Crippen molar-refractivity contribution >= 4 is 33.2 Å². The molecule has 96 valence electrons. The van der Waals surface area contributed by atoms with Crippen molar-refractivity contribution in [3.05, 3.63) is 20.8 Å². The maximum absolute atomic E-state index is 11.6. The van der Waals surface area contributed by atoms with Crippen molar-refractivity contribution in [1.82, 2.24) is 5.32 Å². The van der Waals surface area contributed by atoms with Crippen molar-refractivity contribution in [2.75, 3.05) is 13.1 Å². The van der Waals surface area contributed by atoms with E-state index in [1.807, 2.05) is 19.9 Å². The van der Waals surface area contributed by atoms with Crippen molar-refractivity contribution in [1.29, 1.82) is 0 Å². The van der Waals surface area contributed by atoms with Gasteiger partial charge in [-0.05, 0) is 46.4 Å². The molecule has 1 amide bonds. The summed E-state index contributed by atoms with van der Waals surface area (Å²) in [5, 5.41) is 2.93. The average Bonchev–Trinajstić information content (AvgIpc) is 2.63. The van der Waals surface area contributed by atoms with Crippen LogP contribution in [0.15, 0.2) is 15.9 Å². The topological polar surface area (TPSA) is 55.1 Å². The van der Waals surface area contributed by atoms with E-state index in [0.29, 0.717) is 19.5 Å². The van der Waals surface area contributed by atoms with Crippen molar-refractivity contribution in [3.63, 3.8) is 0 Å². The van der Waals surface area contributed by atoms with E-state index in [1.54, 1.807) is 11.3 Å². The van der Waals surface area contributed by atoms with Crippen molar-refractivity contribution in [2.24, 2.45) is 11.1 Å². The molecule has 1 aromatic heterocycles. The summed E-state index contributed by atoms with van der Waals surface area (Å²) in [5.41, 5.74) is 5.48. The average molecular weight is 319 g/mol. The molecule has 0 atom stereocenters. The van der Waals surface area contributed by atoms with Crippen molar-refractivity contribution in [3.8, 4) is 0 Å². The molecule has 0 saturated carbocycles. The summed E-state index contributed by atoms with van der Waals surface area (Å²) in [7, 11) is 0.